The van der Waals surface area contributed by atoms with E-state index in [1.54, 1.807) is 0 Å². The number of aryl methyl sites for hydroxylation is 1. The van der Waals surface area contributed by atoms with E-state index in [0.29, 0.717) is 6.54 Å². The summed E-state index contributed by atoms with van der Waals surface area (Å²) in [5.41, 5.74) is 1.11. The fourth-order valence-electron chi connectivity index (χ4n) is 2.67. The van der Waals surface area contributed by atoms with Crippen molar-refractivity contribution in [3.63, 3.8) is 0 Å². The molecule has 1 aliphatic heterocycles. The second-order valence-electron chi connectivity index (χ2n) is 6.54. The predicted molar refractivity (Wildman–Crippen MR) is 90.5 cm³/mol. The van der Waals surface area contributed by atoms with Gasteiger partial charge in [-0.25, -0.2) is 0 Å². The molecule has 0 spiro atoms. The summed E-state index contributed by atoms with van der Waals surface area (Å²) in [6.07, 6.45) is 1.60. The van der Waals surface area contributed by atoms with Crippen molar-refractivity contribution in [2.75, 3.05) is 32.8 Å². The van der Waals surface area contributed by atoms with E-state index in [4.69, 9.17) is 4.74 Å². The summed E-state index contributed by atoms with van der Waals surface area (Å²) >= 11 is 0. The van der Waals surface area contributed by atoms with Crippen molar-refractivity contribution in [1.29, 1.82) is 0 Å². The average Bonchev–Trinajstić information content (AvgIpc) is 2.53. The standard InChI is InChI=1S/C18H28N2O3/c1-14-6-8-20(9-7-14)12-18(22)19-11-16(21)13-23-17-5-3-4-15(2)10-17/h3-5,10,14,16,21H,6-9,11-13H2,1-2H3,(H,19,22). The Morgan fingerprint density at radius 3 is 2.87 bits per heavy atom. The average molecular weight is 320 g/mol. The van der Waals surface area contributed by atoms with Crippen molar-refractivity contribution >= 4 is 5.91 Å². The summed E-state index contributed by atoms with van der Waals surface area (Å²) in [6.45, 7) is 7.01. The summed E-state index contributed by atoms with van der Waals surface area (Å²) in [7, 11) is 0. The number of piperidine rings is 1. The number of hydrogen-bond donors (Lipinski definition) is 2. The Kier molecular flexibility index (Phi) is 6.86. The Labute approximate surface area is 138 Å². The molecule has 0 bridgehead atoms. The van der Waals surface area contributed by atoms with Crippen LogP contribution < -0.4 is 10.1 Å². The summed E-state index contributed by atoms with van der Waals surface area (Å²) in [5.74, 6) is 1.46. The molecule has 1 unspecified atom stereocenters. The molecule has 23 heavy (non-hydrogen) atoms. The molecule has 5 nitrogen and oxygen atoms in total. The van der Waals surface area contributed by atoms with E-state index in [-0.39, 0.29) is 19.1 Å². The number of amides is 1. The van der Waals surface area contributed by atoms with Gasteiger partial charge < -0.3 is 15.2 Å². The SMILES string of the molecule is Cc1cccc(OCC(O)CNC(=O)CN2CCC(C)CC2)c1. The molecule has 1 aromatic rings. The van der Waals surface area contributed by atoms with Crippen LogP contribution in [0.2, 0.25) is 0 Å². The van der Waals surface area contributed by atoms with Crippen LogP contribution in [0.4, 0.5) is 0 Å². The van der Waals surface area contributed by atoms with Crippen LogP contribution in [0.25, 0.3) is 0 Å². The molecule has 1 saturated heterocycles. The first kappa shape index (κ1) is 17.8. The number of carbonyl (C=O) groups is 1. The number of benzene rings is 1. The Morgan fingerprint density at radius 2 is 2.17 bits per heavy atom. The largest absolute Gasteiger partial charge is 0.491 e. The third-order valence-electron chi connectivity index (χ3n) is 4.21. The monoisotopic (exact) mass is 320 g/mol. The summed E-state index contributed by atoms with van der Waals surface area (Å²) in [5, 5.41) is 12.7. The summed E-state index contributed by atoms with van der Waals surface area (Å²) in [6, 6.07) is 7.68. The number of rotatable bonds is 7. The van der Waals surface area contributed by atoms with Crippen LogP contribution in [0.15, 0.2) is 24.3 Å². The molecule has 0 aromatic heterocycles. The van der Waals surface area contributed by atoms with Gasteiger partial charge in [0.05, 0.1) is 6.54 Å². The van der Waals surface area contributed by atoms with E-state index in [2.05, 4.69) is 17.1 Å². The minimum Gasteiger partial charge on any atom is -0.491 e. The molecule has 1 aromatic carbocycles. The van der Waals surface area contributed by atoms with Crippen LogP contribution in [-0.2, 0) is 4.79 Å². The van der Waals surface area contributed by atoms with Crippen LogP contribution in [-0.4, -0.2) is 54.8 Å². The number of carbonyl (C=O) groups excluding carboxylic acids is 1. The van der Waals surface area contributed by atoms with Crippen molar-refractivity contribution < 1.29 is 14.6 Å². The summed E-state index contributed by atoms with van der Waals surface area (Å²) in [4.78, 5) is 14.1. The van der Waals surface area contributed by atoms with Gasteiger partial charge in [0.25, 0.3) is 0 Å². The predicted octanol–water partition coefficient (Wildman–Crippen LogP) is 1.58. The molecule has 1 fully saturated rings. The maximum Gasteiger partial charge on any atom is 0.234 e. The van der Waals surface area contributed by atoms with Crippen molar-refractivity contribution in [2.45, 2.75) is 32.8 Å². The highest BCUT2D eigenvalue weighted by Gasteiger charge is 2.18. The molecule has 5 heteroatoms. The van der Waals surface area contributed by atoms with E-state index in [0.717, 1.165) is 43.2 Å². The highest BCUT2D eigenvalue weighted by Crippen LogP contribution is 2.15. The zero-order chi connectivity index (χ0) is 16.7. The Morgan fingerprint density at radius 1 is 1.43 bits per heavy atom. The van der Waals surface area contributed by atoms with Crippen molar-refractivity contribution in [2.24, 2.45) is 5.92 Å². The van der Waals surface area contributed by atoms with E-state index < -0.39 is 6.10 Å². The number of likely N-dealkylation sites (tertiary alicyclic amines) is 1. The highest BCUT2D eigenvalue weighted by molar-refractivity contribution is 5.78. The van der Waals surface area contributed by atoms with Gasteiger partial charge in [-0.1, -0.05) is 19.1 Å². The van der Waals surface area contributed by atoms with E-state index in [1.807, 2.05) is 31.2 Å². The fourth-order valence-corrected chi connectivity index (χ4v) is 2.67. The van der Waals surface area contributed by atoms with Gasteiger partial charge in [0.15, 0.2) is 0 Å². The highest BCUT2D eigenvalue weighted by atomic mass is 16.5. The van der Waals surface area contributed by atoms with Crippen molar-refractivity contribution in [1.82, 2.24) is 10.2 Å². The van der Waals surface area contributed by atoms with Crippen molar-refractivity contribution in [3.05, 3.63) is 29.8 Å². The smallest absolute Gasteiger partial charge is 0.234 e. The first-order valence-electron chi connectivity index (χ1n) is 8.39. The van der Waals surface area contributed by atoms with E-state index in [9.17, 15) is 9.90 Å². The molecule has 0 saturated carbocycles. The second kappa shape index (κ2) is 8.89. The van der Waals surface area contributed by atoms with Gasteiger partial charge in [-0.15, -0.1) is 0 Å². The summed E-state index contributed by atoms with van der Waals surface area (Å²) < 4.78 is 5.53. The Hall–Kier alpha value is -1.59. The number of nitrogens with one attached hydrogen (secondary N) is 1. The lowest BCUT2D eigenvalue weighted by Gasteiger charge is -2.29. The third kappa shape index (κ3) is 6.59. The minimum atomic E-state index is -0.708. The number of aliphatic hydroxyl groups is 1. The topological polar surface area (TPSA) is 61.8 Å². The Balaban J connectivity index is 1.62. The van der Waals surface area contributed by atoms with Crippen LogP contribution in [0.3, 0.4) is 0 Å². The van der Waals surface area contributed by atoms with Gasteiger partial charge in [0.2, 0.25) is 5.91 Å². The lowest BCUT2D eigenvalue weighted by Crippen LogP contribution is -2.43. The Bertz CT molecular complexity index is 499. The van der Waals surface area contributed by atoms with Gasteiger partial charge in [-0.3, -0.25) is 9.69 Å². The first-order valence-corrected chi connectivity index (χ1v) is 8.39. The molecular formula is C18H28N2O3. The first-order chi connectivity index (χ1) is 11.0. The molecule has 2 rings (SSSR count). The minimum absolute atomic E-state index is 0.0332. The van der Waals surface area contributed by atoms with Gasteiger partial charge >= 0.3 is 0 Å². The molecular weight excluding hydrogens is 292 g/mol. The number of hydrogen-bond acceptors (Lipinski definition) is 4. The van der Waals surface area contributed by atoms with Gasteiger partial charge in [-0.2, -0.15) is 0 Å². The van der Waals surface area contributed by atoms with Crippen LogP contribution in [0, 0.1) is 12.8 Å². The van der Waals surface area contributed by atoms with E-state index in [1.165, 1.54) is 0 Å². The molecule has 1 atom stereocenters. The van der Waals surface area contributed by atoms with Crippen LogP contribution in [0.1, 0.15) is 25.3 Å². The third-order valence-corrected chi connectivity index (χ3v) is 4.21. The normalized spacial score (nSPS) is 17.7. The maximum atomic E-state index is 11.9. The zero-order valence-electron chi connectivity index (χ0n) is 14.1. The second-order valence-corrected chi connectivity index (χ2v) is 6.54. The maximum absolute atomic E-state index is 11.9. The fraction of sp³-hybridized carbons (Fsp3) is 0.611. The number of nitrogens with zero attached hydrogens (tertiary/aromatic N) is 1. The quantitative estimate of drug-likeness (QED) is 0.801. The lowest BCUT2D eigenvalue weighted by atomic mass is 9.99. The molecule has 128 valence electrons. The van der Waals surface area contributed by atoms with E-state index >= 15 is 0 Å². The number of aliphatic hydroxyl groups excluding tert-OH is 1. The van der Waals surface area contributed by atoms with Gasteiger partial charge in [0.1, 0.15) is 18.5 Å². The zero-order valence-corrected chi connectivity index (χ0v) is 14.1. The van der Waals surface area contributed by atoms with Crippen LogP contribution in [0.5, 0.6) is 5.75 Å². The molecule has 1 amide bonds. The molecule has 1 heterocycles. The van der Waals surface area contributed by atoms with Crippen LogP contribution >= 0.6 is 0 Å². The van der Waals surface area contributed by atoms with Gasteiger partial charge in [0, 0.05) is 6.54 Å². The lowest BCUT2D eigenvalue weighted by molar-refractivity contribution is -0.123. The van der Waals surface area contributed by atoms with Crippen molar-refractivity contribution in [3.8, 4) is 5.75 Å². The molecule has 1 aliphatic rings. The molecule has 0 radical (unpaired) electrons. The molecule has 2 N–H and O–H groups in total. The van der Waals surface area contributed by atoms with Gasteiger partial charge in [-0.05, 0) is 56.5 Å². The molecule has 0 aliphatic carbocycles. The number of ether oxygens (including phenoxy) is 1.